The highest BCUT2D eigenvalue weighted by Crippen LogP contribution is 2.43. The van der Waals surface area contributed by atoms with Crippen LogP contribution in [0.1, 0.15) is 22.7 Å². The number of rotatable bonds is 4. The first-order valence-electron chi connectivity index (χ1n) is 9.69. The van der Waals surface area contributed by atoms with E-state index in [0.717, 1.165) is 11.1 Å². The molecule has 1 unspecified atom stereocenters. The fraction of sp³-hybridized carbons (Fsp3) is 0.120. The molecule has 4 rings (SSSR count). The predicted octanol–water partition coefficient (Wildman–Crippen LogP) is 5.39. The predicted molar refractivity (Wildman–Crippen MR) is 123 cm³/mol. The number of methoxy groups -OCH3 is 1. The number of carbonyl (C=O) groups is 2. The molecular weight excluding hydrogens is 458 g/mol. The molecule has 0 spiro atoms. The topological polar surface area (TPSA) is 66.8 Å². The third-order valence-electron chi connectivity index (χ3n) is 5.36. The minimum absolute atomic E-state index is 0.0523. The Hall–Kier alpha value is -3.38. The van der Waals surface area contributed by atoms with Crippen molar-refractivity contribution in [2.24, 2.45) is 0 Å². The number of aliphatic hydroxyl groups is 1. The Bertz CT molecular complexity index is 1200. The van der Waals surface area contributed by atoms with E-state index in [4.69, 9.17) is 4.74 Å². The Balaban J connectivity index is 1.95. The van der Waals surface area contributed by atoms with Crippen molar-refractivity contribution < 1.29 is 19.4 Å². The van der Waals surface area contributed by atoms with Crippen LogP contribution in [0.25, 0.3) is 5.76 Å². The molecule has 5 nitrogen and oxygen atoms in total. The van der Waals surface area contributed by atoms with Crippen molar-refractivity contribution in [1.82, 2.24) is 0 Å². The maximum Gasteiger partial charge on any atom is 0.300 e. The zero-order chi connectivity index (χ0) is 22.1. The van der Waals surface area contributed by atoms with Crippen LogP contribution >= 0.6 is 15.9 Å². The summed E-state index contributed by atoms with van der Waals surface area (Å²) in [6, 6.07) is 20.9. The summed E-state index contributed by atoms with van der Waals surface area (Å²) in [6.07, 6.45) is 0. The number of amides is 1. The summed E-state index contributed by atoms with van der Waals surface area (Å²) in [6.45, 7) is 1.89. The van der Waals surface area contributed by atoms with Crippen molar-refractivity contribution in [3.63, 3.8) is 0 Å². The number of anilines is 1. The van der Waals surface area contributed by atoms with Gasteiger partial charge in [0.1, 0.15) is 11.5 Å². The first-order chi connectivity index (χ1) is 14.9. The summed E-state index contributed by atoms with van der Waals surface area (Å²) < 4.78 is 5.88. The average Bonchev–Trinajstić information content (AvgIpc) is 3.04. The van der Waals surface area contributed by atoms with Crippen molar-refractivity contribution >= 4 is 39.1 Å². The highest BCUT2D eigenvalue weighted by atomic mass is 79.9. The van der Waals surface area contributed by atoms with Crippen LogP contribution in [0.15, 0.2) is 82.8 Å². The van der Waals surface area contributed by atoms with E-state index in [1.54, 1.807) is 31.4 Å². The van der Waals surface area contributed by atoms with E-state index in [-0.39, 0.29) is 11.3 Å². The molecule has 3 aromatic carbocycles. The van der Waals surface area contributed by atoms with Gasteiger partial charge in [0.25, 0.3) is 11.7 Å². The number of hydrogen-bond donors (Lipinski definition) is 1. The van der Waals surface area contributed by atoms with Crippen LogP contribution in [0.5, 0.6) is 5.75 Å². The van der Waals surface area contributed by atoms with Gasteiger partial charge in [0.05, 0.1) is 23.2 Å². The Labute approximate surface area is 188 Å². The maximum atomic E-state index is 13.2. The van der Waals surface area contributed by atoms with Gasteiger partial charge in [-0.1, -0.05) is 48.5 Å². The highest BCUT2D eigenvalue weighted by molar-refractivity contribution is 9.10. The largest absolute Gasteiger partial charge is 0.507 e. The van der Waals surface area contributed by atoms with Crippen LogP contribution in [0, 0.1) is 6.92 Å². The van der Waals surface area contributed by atoms with Gasteiger partial charge in [-0.15, -0.1) is 0 Å². The molecule has 1 amide bonds. The van der Waals surface area contributed by atoms with Gasteiger partial charge in [0.2, 0.25) is 0 Å². The van der Waals surface area contributed by atoms with Gasteiger partial charge in [0.15, 0.2) is 0 Å². The van der Waals surface area contributed by atoms with E-state index in [1.807, 2.05) is 55.5 Å². The summed E-state index contributed by atoms with van der Waals surface area (Å²) >= 11 is 3.41. The van der Waals surface area contributed by atoms with Crippen LogP contribution < -0.4 is 9.64 Å². The van der Waals surface area contributed by atoms with Gasteiger partial charge >= 0.3 is 0 Å². The van der Waals surface area contributed by atoms with E-state index in [1.165, 1.54) is 4.90 Å². The van der Waals surface area contributed by atoms with Crippen molar-refractivity contribution in [3.05, 3.63) is 99.5 Å². The second kappa shape index (κ2) is 8.40. The molecule has 1 heterocycles. The summed E-state index contributed by atoms with van der Waals surface area (Å²) in [5.74, 6) is -1.03. The van der Waals surface area contributed by atoms with Gasteiger partial charge in [-0.3, -0.25) is 14.5 Å². The molecule has 31 heavy (non-hydrogen) atoms. The monoisotopic (exact) mass is 477 g/mol. The molecule has 156 valence electrons. The molecule has 6 heteroatoms. The highest BCUT2D eigenvalue weighted by Gasteiger charge is 2.47. The second-order valence-corrected chi connectivity index (χ2v) is 8.07. The molecule has 1 atom stereocenters. The fourth-order valence-electron chi connectivity index (χ4n) is 3.83. The number of aryl methyl sites for hydroxylation is 1. The first-order valence-corrected chi connectivity index (χ1v) is 10.5. The van der Waals surface area contributed by atoms with Crippen molar-refractivity contribution in [2.75, 3.05) is 12.0 Å². The molecule has 0 aliphatic carbocycles. The molecule has 0 aromatic heterocycles. The number of carbonyl (C=O) groups excluding carboxylic acids is 2. The van der Waals surface area contributed by atoms with Crippen LogP contribution in [0.3, 0.4) is 0 Å². The van der Waals surface area contributed by atoms with E-state index in [9.17, 15) is 14.7 Å². The van der Waals surface area contributed by atoms with Gasteiger partial charge in [0, 0.05) is 11.3 Å². The fourth-order valence-corrected chi connectivity index (χ4v) is 4.38. The molecule has 3 aromatic rings. The Morgan fingerprint density at radius 3 is 2.32 bits per heavy atom. The van der Waals surface area contributed by atoms with Gasteiger partial charge in [-0.05, 0) is 58.2 Å². The van der Waals surface area contributed by atoms with Crippen LogP contribution in [0.2, 0.25) is 0 Å². The lowest BCUT2D eigenvalue weighted by Gasteiger charge is -2.26. The number of nitrogens with zero attached hydrogens (tertiary/aromatic N) is 1. The van der Waals surface area contributed by atoms with E-state index >= 15 is 0 Å². The molecular formula is C25H20BrNO4. The number of para-hydroxylation sites is 1. The standard InChI is InChI=1S/C25H20BrNO4/c1-15-8-6-7-11-19(15)27-22(16-9-4-3-5-10-16)21(24(29)25(27)30)23(28)17-12-13-20(31-2)18(26)14-17/h3-14,22,28H,1-2H3/b23-21-. The molecule has 1 N–H and O–H groups in total. The number of benzene rings is 3. The normalized spacial score (nSPS) is 17.8. The summed E-state index contributed by atoms with van der Waals surface area (Å²) in [4.78, 5) is 27.8. The van der Waals surface area contributed by atoms with Crippen molar-refractivity contribution in [3.8, 4) is 5.75 Å². The first kappa shape index (κ1) is 20.9. The Morgan fingerprint density at radius 1 is 1.00 bits per heavy atom. The van der Waals surface area contributed by atoms with Crippen LogP contribution in [-0.2, 0) is 9.59 Å². The summed E-state index contributed by atoms with van der Waals surface area (Å²) in [5, 5.41) is 11.2. The summed E-state index contributed by atoms with van der Waals surface area (Å²) in [7, 11) is 1.54. The molecule has 1 aliphatic rings. The molecule has 1 saturated heterocycles. The average molecular weight is 478 g/mol. The van der Waals surface area contributed by atoms with E-state index in [0.29, 0.717) is 21.5 Å². The van der Waals surface area contributed by atoms with Crippen LogP contribution in [0.4, 0.5) is 5.69 Å². The minimum Gasteiger partial charge on any atom is -0.507 e. The van der Waals surface area contributed by atoms with Crippen molar-refractivity contribution in [1.29, 1.82) is 0 Å². The lowest BCUT2D eigenvalue weighted by atomic mass is 9.95. The van der Waals surface area contributed by atoms with Gasteiger partial charge in [-0.25, -0.2) is 0 Å². The summed E-state index contributed by atoms with van der Waals surface area (Å²) in [5.41, 5.74) is 2.69. The lowest BCUT2D eigenvalue weighted by Crippen LogP contribution is -2.30. The number of hydrogen-bond acceptors (Lipinski definition) is 4. The minimum atomic E-state index is -0.747. The zero-order valence-corrected chi connectivity index (χ0v) is 18.6. The Kier molecular flexibility index (Phi) is 5.65. The van der Waals surface area contributed by atoms with Gasteiger partial charge < -0.3 is 9.84 Å². The third-order valence-corrected chi connectivity index (χ3v) is 5.98. The molecule has 0 bridgehead atoms. The maximum absolute atomic E-state index is 13.2. The lowest BCUT2D eigenvalue weighted by molar-refractivity contribution is -0.132. The van der Waals surface area contributed by atoms with E-state index < -0.39 is 17.7 Å². The number of ketones is 1. The Morgan fingerprint density at radius 2 is 1.68 bits per heavy atom. The van der Waals surface area contributed by atoms with Gasteiger partial charge in [-0.2, -0.15) is 0 Å². The second-order valence-electron chi connectivity index (χ2n) is 7.22. The molecule has 0 saturated carbocycles. The quantitative estimate of drug-likeness (QED) is 0.310. The van der Waals surface area contributed by atoms with E-state index in [2.05, 4.69) is 15.9 Å². The molecule has 1 fully saturated rings. The number of ether oxygens (including phenoxy) is 1. The SMILES string of the molecule is COc1ccc(/C(O)=C2/C(=O)C(=O)N(c3ccccc3C)C2c2ccccc2)cc1Br. The zero-order valence-electron chi connectivity index (χ0n) is 17.0. The van der Waals surface area contributed by atoms with Crippen LogP contribution in [-0.4, -0.2) is 23.9 Å². The number of aliphatic hydroxyl groups excluding tert-OH is 1. The number of halogens is 1. The van der Waals surface area contributed by atoms with Crippen molar-refractivity contribution in [2.45, 2.75) is 13.0 Å². The molecule has 0 radical (unpaired) electrons. The molecule has 1 aliphatic heterocycles. The number of Topliss-reactive ketones (excluding diaryl/α,β-unsaturated/α-hetero) is 1. The third kappa shape index (κ3) is 3.64. The smallest absolute Gasteiger partial charge is 0.300 e.